The van der Waals surface area contributed by atoms with E-state index in [-0.39, 0.29) is 11.5 Å². The fourth-order valence-electron chi connectivity index (χ4n) is 3.92. The molecule has 9 heteroatoms. The highest BCUT2D eigenvalue weighted by molar-refractivity contribution is 6.29. The molecule has 33 heavy (non-hydrogen) atoms. The van der Waals surface area contributed by atoms with E-state index in [1.807, 2.05) is 25.1 Å². The van der Waals surface area contributed by atoms with Gasteiger partial charge in [-0.1, -0.05) is 29.3 Å². The first-order valence-corrected chi connectivity index (χ1v) is 11.0. The van der Waals surface area contributed by atoms with Crippen LogP contribution in [0.3, 0.4) is 0 Å². The van der Waals surface area contributed by atoms with Crippen molar-refractivity contribution in [2.75, 3.05) is 41.3 Å². The summed E-state index contributed by atoms with van der Waals surface area (Å²) in [6.45, 7) is 4.68. The molecule has 4 rings (SSSR count). The minimum Gasteiger partial charge on any atom is -0.478 e. The van der Waals surface area contributed by atoms with Gasteiger partial charge in [0.15, 0.2) is 11.0 Å². The maximum atomic E-state index is 12.6. The van der Waals surface area contributed by atoms with Gasteiger partial charge >= 0.3 is 5.97 Å². The average Bonchev–Trinajstić information content (AvgIpc) is 3.06. The summed E-state index contributed by atoms with van der Waals surface area (Å²) in [5.41, 5.74) is 2.71. The Morgan fingerprint density at radius 3 is 2.48 bits per heavy atom. The summed E-state index contributed by atoms with van der Waals surface area (Å²) < 4.78 is 0. The second-order valence-electron chi connectivity index (χ2n) is 7.90. The number of nitrogens with zero attached hydrogens (tertiary/aromatic N) is 4. The predicted octanol–water partition coefficient (Wildman–Crippen LogP) is 4.11. The maximum Gasteiger partial charge on any atom is 0.337 e. The number of carboxylic acids is 1. The van der Waals surface area contributed by atoms with Crippen molar-refractivity contribution in [2.24, 2.45) is 0 Å². The smallest absolute Gasteiger partial charge is 0.337 e. The molecule has 3 aromatic rings. The third-order valence-electron chi connectivity index (χ3n) is 5.54. The Morgan fingerprint density at radius 1 is 0.970 bits per heavy atom. The first-order chi connectivity index (χ1) is 15.9. The zero-order chi connectivity index (χ0) is 23.4. The fraction of sp³-hybridized carbons (Fsp3) is 0.250. The largest absolute Gasteiger partial charge is 0.478 e. The Bertz CT molecular complexity index is 1170. The number of carbonyl (C=O) groups is 2. The number of amides is 1. The summed E-state index contributed by atoms with van der Waals surface area (Å²) >= 11 is 5.84. The van der Waals surface area contributed by atoms with E-state index in [4.69, 9.17) is 11.6 Å². The normalized spacial score (nSPS) is 14.0. The van der Waals surface area contributed by atoms with Gasteiger partial charge in [-0.05, 0) is 55.8 Å². The number of carboxylic acid groups (broad SMARTS) is 1. The number of aryl methyl sites for hydroxylation is 1. The molecular formula is C24H24ClN5O3. The molecule has 0 radical (unpaired) electrons. The summed E-state index contributed by atoms with van der Waals surface area (Å²) in [7, 11) is 0. The Kier molecular flexibility index (Phi) is 6.74. The molecule has 0 bridgehead atoms. The van der Waals surface area contributed by atoms with Crippen molar-refractivity contribution in [3.05, 3.63) is 76.4 Å². The van der Waals surface area contributed by atoms with Gasteiger partial charge in [0.1, 0.15) is 0 Å². The molecule has 2 heterocycles. The predicted molar refractivity (Wildman–Crippen MR) is 129 cm³/mol. The van der Waals surface area contributed by atoms with Gasteiger partial charge < -0.3 is 20.2 Å². The van der Waals surface area contributed by atoms with Crippen molar-refractivity contribution in [2.45, 2.75) is 13.3 Å². The standard InChI is InChI=1S/C24H24ClN5O3/c1-16-4-2-5-17(14-16)23(31)26-18-6-7-20(19(15-18)24(32)33)29-10-3-11-30(13-12-29)22-9-8-21(25)27-28-22/h2,4-9,14-15H,3,10-13H2,1H3,(H,26,31)(H,32,33). The van der Waals surface area contributed by atoms with Crippen molar-refractivity contribution < 1.29 is 14.7 Å². The molecule has 0 aliphatic carbocycles. The summed E-state index contributed by atoms with van der Waals surface area (Å²) in [5, 5.41) is 21.1. The van der Waals surface area contributed by atoms with Gasteiger partial charge in [-0.25, -0.2) is 4.79 Å². The van der Waals surface area contributed by atoms with Crippen LogP contribution < -0.4 is 15.1 Å². The molecule has 8 nitrogen and oxygen atoms in total. The van der Waals surface area contributed by atoms with Crippen LogP contribution in [0.4, 0.5) is 17.2 Å². The molecule has 1 amide bonds. The van der Waals surface area contributed by atoms with Crippen molar-refractivity contribution in [1.29, 1.82) is 0 Å². The molecule has 2 aromatic carbocycles. The molecule has 1 aliphatic heterocycles. The van der Waals surface area contributed by atoms with E-state index in [9.17, 15) is 14.7 Å². The zero-order valence-corrected chi connectivity index (χ0v) is 18.9. The number of hydrogen-bond acceptors (Lipinski definition) is 6. The minimum atomic E-state index is -1.04. The quantitative estimate of drug-likeness (QED) is 0.585. The number of anilines is 3. The van der Waals surface area contributed by atoms with Crippen LogP contribution in [0.5, 0.6) is 0 Å². The number of carbonyl (C=O) groups excluding carboxylic acids is 1. The Hall–Kier alpha value is -3.65. The lowest BCUT2D eigenvalue weighted by Crippen LogP contribution is -2.32. The number of hydrogen-bond donors (Lipinski definition) is 2. The van der Waals surface area contributed by atoms with E-state index < -0.39 is 5.97 Å². The van der Waals surface area contributed by atoms with Crippen LogP contribution in [0.15, 0.2) is 54.6 Å². The SMILES string of the molecule is Cc1cccc(C(=O)Nc2ccc(N3CCCN(c4ccc(Cl)nn4)CC3)c(C(=O)O)c2)c1. The van der Waals surface area contributed by atoms with Crippen LogP contribution >= 0.6 is 11.6 Å². The molecule has 0 spiro atoms. The Labute approximate surface area is 196 Å². The Morgan fingerprint density at radius 2 is 1.76 bits per heavy atom. The van der Waals surface area contributed by atoms with Gasteiger partial charge in [-0.2, -0.15) is 0 Å². The van der Waals surface area contributed by atoms with Crippen LogP contribution in [0.2, 0.25) is 5.15 Å². The van der Waals surface area contributed by atoms with Gasteiger partial charge in [0.2, 0.25) is 0 Å². The molecule has 0 atom stereocenters. The van der Waals surface area contributed by atoms with Gasteiger partial charge in [-0.15, -0.1) is 10.2 Å². The maximum absolute atomic E-state index is 12.6. The lowest BCUT2D eigenvalue weighted by Gasteiger charge is -2.25. The number of aromatic carboxylic acids is 1. The number of halogens is 1. The van der Waals surface area contributed by atoms with Crippen LogP contribution in [0.25, 0.3) is 0 Å². The number of aromatic nitrogens is 2. The summed E-state index contributed by atoms with van der Waals surface area (Å²) in [5.74, 6) is -0.576. The third kappa shape index (κ3) is 5.40. The lowest BCUT2D eigenvalue weighted by molar-refractivity contribution is 0.0697. The molecule has 1 fully saturated rings. The molecule has 0 saturated carbocycles. The number of benzene rings is 2. The van der Waals surface area contributed by atoms with Crippen LogP contribution in [-0.2, 0) is 0 Å². The highest BCUT2D eigenvalue weighted by Crippen LogP contribution is 2.27. The molecule has 1 aromatic heterocycles. The number of nitrogens with one attached hydrogen (secondary N) is 1. The van der Waals surface area contributed by atoms with Crippen molar-refractivity contribution in [3.8, 4) is 0 Å². The summed E-state index contributed by atoms with van der Waals surface area (Å²) in [4.78, 5) is 28.8. The highest BCUT2D eigenvalue weighted by Gasteiger charge is 2.21. The molecule has 1 aliphatic rings. The molecular weight excluding hydrogens is 442 g/mol. The molecule has 2 N–H and O–H groups in total. The lowest BCUT2D eigenvalue weighted by atomic mass is 10.1. The summed E-state index contributed by atoms with van der Waals surface area (Å²) in [6.07, 6.45) is 0.829. The van der Waals surface area contributed by atoms with E-state index in [1.54, 1.807) is 30.3 Å². The zero-order valence-electron chi connectivity index (χ0n) is 18.2. The average molecular weight is 466 g/mol. The van der Waals surface area contributed by atoms with Gasteiger partial charge in [-0.3, -0.25) is 4.79 Å². The van der Waals surface area contributed by atoms with Crippen molar-refractivity contribution in [1.82, 2.24) is 10.2 Å². The van der Waals surface area contributed by atoms with E-state index in [0.717, 1.165) is 24.3 Å². The Balaban J connectivity index is 1.51. The topological polar surface area (TPSA) is 98.7 Å². The van der Waals surface area contributed by atoms with Crippen LogP contribution in [0.1, 0.15) is 32.7 Å². The van der Waals surface area contributed by atoms with E-state index >= 15 is 0 Å². The second kappa shape index (κ2) is 9.87. The second-order valence-corrected chi connectivity index (χ2v) is 8.29. The fourth-order valence-corrected chi connectivity index (χ4v) is 4.02. The van der Waals surface area contributed by atoms with Crippen LogP contribution in [-0.4, -0.2) is 53.4 Å². The number of rotatable bonds is 5. The monoisotopic (exact) mass is 465 g/mol. The molecule has 1 saturated heterocycles. The van der Waals surface area contributed by atoms with Crippen molar-refractivity contribution >= 4 is 40.7 Å². The van der Waals surface area contributed by atoms with Crippen molar-refractivity contribution in [3.63, 3.8) is 0 Å². The van der Waals surface area contributed by atoms with E-state index in [0.29, 0.717) is 41.7 Å². The summed E-state index contributed by atoms with van der Waals surface area (Å²) in [6, 6.07) is 15.8. The van der Waals surface area contributed by atoms with Crippen LogP contribution in [0, 0.1) is 6.92 Å². The van der Waals surface area contributed by atoms with Gasteiger partial charge in [0, 0.05) is 37.4 Å². The van der Waals surface area contributed by atoms with E-state index in [1.165, 1.54) is 6.07 Å². The first-order valence-electron chi connectivity index (χ1n) is 10.7. The highest BCUT2D eigenvalue weighted by atomic mass is 35.5. The molecule has 170 valence electrons. The third-order valence-corrected chi connectivity index (χ3v) is 5.75. The van der Waals surface area contributed by atoms with Gasteiger partial charge in [0.25, 0.3) is 5.91 Å². The molecule has 0 unspecified atom stereocenters. The van der Waals surface area contributed by atoms with E-state index in [2.05, 4.69) is 25.3 Å². The first kappa shape index (κ1) is 22.5. The van der Waals surface area contributed by atoms with Gasteiger partial charge in [0.05, 0.1) is 11.3 Å². The minimum absolute atomic E-state index is 0.150.